The first-order valence-electron chi connectivity index (χ1n) is 7.83. The fourth-order valence-electron chi connectivity index (χ4n) is 2.80. The minimum absolute atomic E-state index is 0.114. The van der Waals surface area contributed by atoms with Crippen LogP contribution in [0.5, 0.6) is 0 Å². The molecular formula is C19H21NO5. The molecule has 6 heteroatoms. The second-order valence-electron chi connectivity index (χ2n) is 5.81. The molecule has 0 unspecified atom stereocenters. The Morgan fingerprint density at radius 2 is 1.88 bits per heavy atom. The molecule has 1 aromatic carbocycles. The number of hydrogen-bond acceptors (Lipinski definition) is 5. The van der Waals surface area contributed by atoms with Crippen LogP contribution in [-0.4, -0.2) is 36.2 Å². The Hall–Kier alpha value is -2.73. The van der Waals surface area contributed by atoms with Crippen LogP contribution in [0.2, 0.25) is 0 Å². The van der Waals surface area contributed by atoms with E-state index in [0.717, 1.165) is 5.56 Å². The number of aryl methyl sites for hydroxylation is 1. The number of carbonyl (C=O) groups excluding carboxylic acids is 3. The molecule has 6 nitrogen and oxygen atoms in total. The third-order valence-corrected chi connectivity index (χ3v) is 3.88. The molecule has 0 aliphatic rings. The lowest BCUT2D eigenvalue weighted by Crippen LogP contribution is -2.15. The van der Waals surface area contributed by atoms with Crippen LogP contribution in [0.1, 0.15) is 54.9 Å². The van der Waals surface area contributed by atoms with Crippen LogP contribution in [0.25, 0.3) is 0 Å². The summed E-state index contributed by atoms with van der Waals surface area (Å²) in [6.45, 7) is 4.86. The number of aromatic nitrogens is 1. The second-order valence-corrected chi connectivity index (χ2v) is 5.81. The number of hydrogen-bond donors (Lipinski definition) is 1. The van der Waals surface area contributed by atoms with Crippen molar-refractivity contribution in [3.63, 3.8) is 0 Å². The average Bonchev–Trinajstić information content (AvgIpc) is 2.87. The van der Waals surface area contributed by atoms with Crippen molar-refractivity contribution in [2.45, 2.75) is 27.4 Å². The Kier molecular flexibility index (Phi) is 5.88. The maximum absolute atomic E-state index is 12.3. The average molecular weight is 343 g/mol. The largest absolute Gasteiger partial charge is 0.454 e. The molecule has 0 saturated heterocycles. The van der Waals surface area contributed by atoms with Gasteiger partial charge in [0.25, 0.3) is 0 Å². The Balaban J connectivity index is 2.07. The van der Waals surface area contributed by atoms with Gasteiger partial charge in [0, 0.05) is 18.4 Å². The SMILES string of the molecule is COCc1cccc(C(=O)OCC(=O)c2[nH]c(C)c(C(C)=O)c2C)c1. The van der Waals surface area contributed by atoms with Crippen LogP contribution in [0.4, 0.5) is 0 Å². The molecule has 0 bridgehead atoms. The molecule has 0 aliphatic heterocycles. The number of aromatic amines is 1. The summed E-state index contributed by atoms with van der Waals surface area (Å²) in [5.41, 5.74) is 3.20. The summed E-state index contributed by atoms with van der Waals surface area (Å²) < 4.78 is 10.1. The van der Waals surface area contributed by atoms with E-state index in [9.17, 15) is 14.4 Å². The van der Waals surface area contributed by atoms with Crippen molar-refractivity contribution in [3.05, 3.63) is 57.9 Å². The zero-order valence-electron chi connectivity index (χ0n) is 14.8. The minimum Gasteiger partial charge on any atom is -0.454 e. The maximum atomic E-state index is 12.3. The van der Waals surface area contributed by atoms with Crippen molar-refractivity contribution < 1.29 is 23.9 Å². The lowest BCUT2D eigenvalue weighted by atomic mass is 10.1. The fraction of sp³-hybridized carbons (Fsp3) is 0.316. The Morgan fingerprint density at radius 1 is 1.16 bits per heavy atom. The fourth-order valence-corrected chi connectivity index (χ4v) is 2.80. The second kappa shape index (κ2) is 7.90. The summed E-state index contributed by atoms with van der Waals surface area (Å²) in [5, 5.41) is 0. The molecule has 132 valence electrons. The van der Waals surface area contributed by atoms with Gasteiger partial charge in [-0.15, -0.1) is 0 Å². The summed E-state index contributed by atoms with van der Waals surface area (Å²) in [6.07, 6.45) is 0. The predicted octanol–water partition coefficient (Wildman–Crippen LogP) is 3.02. The first kappa shape index (κ1) is 18.6. The molecule has 0 atom stereocenters. The van der Waals surface area contributed by atoms with E-state index in [1.54, 1.807) is 39.2 Å². The highest BCUT2D eigenvalue weighted by Gasteiger charge is 2.21. The van der Waals surface area contributed by atoms with E-state index in [1.165, 1.54) is 6.92 Å². The molecule has 2 rings (SSSR count). The normalized spacial score (nSPS) is 10.6. The first-order chi connectivity index (χ1) is 11.8. The molecule has 0 fully saturated rings. The zero-order chi connectivity index (χ0) is 18.6. The lowest BCUT2D eigenvalue weighted by molar-refractivity contribution is 0.0473. The van der Waals surface area contributed by atoms with Crippen molar-refractivity contribution in [1.29, 1.82) is 0 Å². The van der Waals surface area contributed by atoms with Crippen LogP contribution in [-0.2, 0) is 16.1 Å². The summed E-state index contributed by atoms with van der Waals surface area (Å²) >= 11 is 0. The van der Waals surface area contributed by atoms with E-state index in [4.69, 9.17) is 9.47 Å². The number of H-pyrrole nitrogens is 1. The van der Waals surface area contributed by atoms with Gasteiger partial charge in [-0.05, 0) is 44.0 Å². The number of methoxy groups -OCH3 is 1. The summed E-state index contributed by atoms with van der Waals surface area (Å²) in [6, 6.07) is 6.84. The number of carbonyl (C=O) groups is 3. The third-order valence-electron chi connectivity index (χ3n) is 3.88. The van der Waals surface area contributed by atoms with Crippen molar-refractivity contribution in [1.82, 2.24) is 4.98 Å². The highest BCUT2D eigenvalue weighted by molar-refractivity contribution is 6.04. The molecule has 1 N–H and O–H groups in total. The summed E-state index contributed by atoms with van der Waals surface area (Å²) in [5.74, 6) is -1.08. The van der Waals surface area contributed by atoms with Gasteiger partial charge < -0.3 is 14.5 Å². The van der Waals surface area contributed by atoms with Crippen LogP contribution in [0.15, 0.2) is 24.3 Å². The number of esters is 1. The molecule has 0 saturated carbocycles. The molecule has 1 heterocycles. The number of ether oxygens (including phenoxy) is 2. The minimum atomic E-state index is -0.584. The van der Waals surface area contributed by atoms with E-state index >= 15 is 0 Å². The van der Waals surface area contributed by atoms with Gasteiger partial charge in [-0.2, -0.15) is 0 Å². The van der Waals surface area contributed by atoms with E-state index in [0.29, 0.717) is 34.7 Å². The smallest absolute Gasteiger partial charge is 0.338 e. The third kappa shape index (κ3) is 4.22. The highest BCUT2D eigenvalue weighted by atomic mass is 16.5. The van der Waals surface area contributed by atoms with E-state index in [2.05, 4.69) is 4.98 Å². The van der Waals surface area contributed by atoms with Crippen LogP contribution in [0.3, 0.4) is 0 Å². The molecule has 2 aromatic rings. The van der Waals surface area contributed by atoms with Gasteiger partial charge in [0.05, 0.1) is 17.9 Å². The van der Waals surface area contributed by atoms with Gasteiger partial charge in [-0.3, -0.25) is 9.59 Å². The number of benzene rings is 1. The number of ketones is 2. The van der Waals surface area contributed by atoms with E-state index < -0.39 is 12.6 Å². The quantitative estimate of drug-likeness (QED) is 0.617. The van der Waals surface area contributed by atoms with Crippen LogP contribution >= 0.6 is 0 Å². The van der Waals surface area contributed by atoms with Gasteiger partial charge in [0.2, 0.25) is 5.78 Å². The summed E-state index contributed by atoms with van der Waals surface area (Å²) in [4.78, 5) is 39.0. The van der Waals surface area contributed by atoms with Crippen LogP contribution in [0, 0.1) is 13.8 Å². The maximum Gasteiger partial charge on any atom is 0.338 e. The lowest BCUT2D eigenvalue weighted by Gasteiger charge is -2.06. The molecule has 1 aromatic heterocycles. The van der Waals surface area contributed by atoms with Gasteiger partial charge in [-0.25, -0.2) is 4.79 Å². The number of Topliss-reactive ketones (excluding diaryl/α,β-unsaturated/α-hetero) is 2. The van der Waals surface area contributed by atoms with Gasteiger partial charge in [0.1, 0.15) is 0 Å². The van der Waals surface area contributed by atoms with Crippen molar-refractivity contribution in [2.24, 2.45) is 0 Å². The molecule has 25 heavy (non-hydrogen) atoms. The Bertz CT molecular complexity index is 819. The van der Waals surface area contributed by atoms with E-state index in [1.807, 2.05) is 6.07 Å². The Morgan fingerprint density at radius 3 is 2.48 bits per heavy atom. The summed E-state index contributed by atoms with van der Waals surface area (Å²) in [7, 11) is 1.57. The molecule has 0 amide bonds. The van der Waals surface area contributed by atoms with Crippen molar-refractivity contribution in [3.8, 4) is 0 Å². The standard InChI is InChI=1S/C19H21NO5/c1-11-17(13(3)21)12(2)20-18(11)16(22)10-25-19(23)15-7-5-6-14(8-15)9-24-4/h5-8,20H,9-10H2,1-4H3. The highest BCUT2D eigenvalue weighted by Crippen LogP contribution is 2.19. The van der Waals surface area contributed by atoms with Gasteiger partial charge in [-0.1, -0.05) is 12.1 Å². The topological polar surface area (TPSA) is 85.5 Å². The molecular weight excluding hydrogens is 322 g/mol. The van der Waals surface area contributed by atoms with Crippen molar-refractivity contribution in [2.75, 3.05) is 13.7 Å². The molecule has 0 spiro atoms. The number of rotatable bonds is 7. The monoisotopic (exact) mass is 343 g/mol. The number of nitrogens with one attached hydrogen (secondary N) is 1. The Labute approximate surface area is 146 Å². The van der Waals surface area contributed by atoms with Gasteiger partial charge in [0.15, 0.2) is 12.4 Å². The molecule has 0 radical (unpaired) electrons. The van der Waals surface area contributed by atoms with Crippen LogP contribution < -0.4 is 0 Å². The molecule has 0 aliphatic carbocycles. The van der Waals surface area contributed by atoms with Gasteiger partial charge >= 0.3 is 5.97 Å². The van der Waals surface area contributed by atoms with Crippen molar-refractivity contribution >= 4 is 17.5 Å². The first-order valence-corrected chi connectivity index (χ1v) is 7.83. The predicted molar refractivity (Wildman–Crippen MR) is 92.0 cm³/mol. The van der Waals surface area contributed by atoms with E-state index in [-0.39, 0.29) is 11.6 Å². The zero-order valence-corrected chi connectivity index (χ0v) is 14.8.